The van der Waals surface area contributed by atoms with E-state index < -0.39 is 0 Å². The van der Waals surface area contributed by atoms with Crippen LogP contribution in [0.1, 0.15) is 42.1 Å². The number of rotatable bonds is 5. The van der Waals surface area contributed by atoms with Gasteiger partial charge in [-0.25, -0.2) is 0 Å². The quantitative estimate of drug-likeness (QED) is 0.860. The first-order chi connectivity index (χ1) is 12.8. The molecule has 0 saturated carbocycles. The fourth-order valence-corrected chi connectivity index (χ4v) is 4.08. The summed E-state index contributed by atoms with van der Waals surface area (Å²) in [5.41, 5.74) is 5.58. The highest BCUT2D eigenvalue weighted by Gasteiger charge is 2.23. The van der Waals surface area contributed by atoms with E-state index in [0.29, 0.717) is 6.04 Å². The van der Waals surface area contributed by atoms with Crippen molar-refractivity contribution in [3.63, 3.8) is 0 Å². The van der Waals surface area contributed by atoms with Gasteiger partial charge in [0.15, 0.2) is 0 Å². The lowest BCUT2D eigenvalue weighted by Gasteiger charge is -2.29. The molecule has 0 amide bonds. The molecule has 0 aliphatic carbocycles. The average molecular weight is 349 g/mol. The molecule has 0 spiro atoms. The van der Waals surface area contributed by atoms with Gasteiger partial charge in [-0.2, -0.15) is 0 Å². The van der Waals surface area contributed by atoms with Crippen LogP contribution in [0.4, 0.5) is 0 Å². The number of nitrogens with one attached hydrogen (secondary N) is 1. The topological polar surface area (TPSA) is 30.5 Å². The predicted molar refractivity (Wildman–Crippen MR) is 105 cm³/mol. The van der Waals surface area contributed by atoms with Gasteiger partial charge in [0.05, 0.1) is 19.8 Å². The summed E-state index contributed by atoms with van der Waals surface area (Å²) >= 11 is 0. The van der Waals surface area contributed by atoms with Crippen molar-refractivity contribution in [1.82, 2.24) is 5.32 Å². The van der Waals surface area contributed by atoms with E-state index in [2.05, 4.69) is 47.8 Å². The maximum Gasteiger partial charge on any atom is 0.118 e. The highest BCUT2D eigenvalue weighted by Crippen LogP contribution is 2.32. The van der Waals surface area contributed by atoms with Gasteiger partial charge >= 0.3 is 0 Å². The minimum atomic E-state index is 0.247. The molecule has 136 valence electrons. The molecule has 3 heteroatoms. The van der Waals surface area contributed by atoms with Crippen LogP contribution in [0.3, 0.4) is 0 Å². The van der Waals surface area contributed by atoms with Gasteiger partial charge in [-0.3, -0.25) is 0 Å². The number of ether oxygens (including phenoxy) is 2. The fourth-order valence-electron chi connectivity index (χ4n) is 4.08. The van der Waals surface area contributed by atoms with Crippen molar-refractivity contribution in [2.45, 2.75) is 37.8 Å². The van der Waals surface area contributed by atoms with Crippen molar-refractivity contribution >= 4 is 5.57 Å². The lowest BCUT2D eigenvalue weighted by Crippen LogP contribution is -2.33. The highest BCUT2D eigenvalue weighted by molar-refractivity contribution is 5.67. The van der Waals surface area contributed by atoms with Crippen LogP contribution in [0.25, 0.3) is 5.57 Å². The van der Waals surface area contributed by atoms with Gasteiger partial charge in [-0.1, -0.05) is 42.5 Å². The first kappa shape index (κ1) is 17.3. The molecular weight excluding hydrogens is 322 g/mol. The first-order valence-corrected chi connectivity index (χ1v) is 9.60. The summed E-state index contributed by atoms with van der Waals surface area (Å²) in [6, 6.07) is 17.7. The van der Waals surface area contributed by atoms with Crippen molar-refractivity contribution < 1.29 is 9.47 Å². The second kappa shape index (κ2) is 8.07. The summed E-state index contributed by atoms with van der Waals surface area (Å²) in [6.45, 7) is 1.78. The molecule has 3 nitrogen and oxygen atoms in total. The molecule has 2 aromatic rings. The average Bonchev–Trinajstić information content (AvgIpc) is 2.72. The summed E-state index contributed by atoms with van der Waals surface area (Å²) in [5.74, 6) is 0.910. The Hall–Kier alpha value is -2.10. The number of benzene rings is 2. The Balaban J connectivity index is 1.37. The summed E-state index contributed by atoms with van der Waals surface area (Å²) in [5, 5.41) is 3.65. The second-order valence-corrected chi connectivity index (χ2v) is 7.15. The molecule has 26 heavy (non-hydrogen) atoms. The maximum atomic E-state index is 6.08. The smallest absolute Gasteiger partial charge is 0.118 e. The van der Waals surface area contributed by atoms with Crippen LogP contribution in [-0.2, 0) is 11.2 Å². The Kier molecular flexibility index (Phi) is 5.37. The molecule has 2 heterocycles. The third kappa shape index (κ3) is 3.84. The van der Waals surface area contributed by atoms with Gasteiger partial charge in [0.1, 0.15) is 5.75 Å². The largest absolute Gasteiger partial charge is 0.497 e. The van der Waals surface area contributed by atoms with Crippen molar-refractivity contribution in [1.29, 1.82) is 0 Å². The molecule has 0 radical (unpaired) electrons. The number of hydrogen-bond acceptors (Lipinski definition) is 3. The van der Waals surface area contributed by atoms with Crippen LogP contribution >= 0.6 is 0 Å². The number of methoxy groups -OCH3 is 1. The maximum absolute atomic E-state index is 6.08. The van der Waals surface area contributed by atoms with E-state index in [9.17, 15) is 0 Å². The minimum Gasteiger partial charge on any atom is -0.497 e. The Morgan fingerprint density at radius 2 is 1.92 bits per heavy atom. The summed E-state index contributed by atoms with van der Waals surface area (Å²) in [4.78, 5) is 0. The lowest BCUT2D eigenvalue weighted by molar-refractivity contribution is 0.0334. The normalized spacial score (nSPS) is 22.4. The molecule has 2 atom stereocenters. The van der Waals surface area contributed by atoms with Gasteiger partial charge in [-0.15, -0.1) is 0 Å². The Labute approximate surface area is 156 Å². The van der Waals surface area contributed by atoms with Gasteiger partial charge in [0.2, 0.25) is 0 Å². The molecule has 2 aliphatic heterocycles. The number of hydrogen-bond donors (Lipinski definition) is 1. The van der Waals surface area contributed by atoms with Gasteiger partial charge < -0.3 is 14.8 Å². The van der Waals surface area contributed by atoms with Crippen LogP contribution in [-0.4, -0.2) is 26.3 Å². The van der Waals surface area contributed by atoms with E-state index in [1.165, 1.54) is 22.3 Å². The molecule has 1 N–H and O–H groups in total. The van der Waals surface area contributed by atoms with Crippen molar-refractivity contribution in [3.05, 3.63) is 71.3 Å². The zero-order valence-electron chi connectivity index (χ0n) is 15.4. The third-order valence-corrected chi connectivity index (χ3v) is 5.55. The van der Waals surface area contributed by atoms with Crippen LogP contribution in [0.15, 0.2) is 54.6 Å². The predicted octanol–water partition coefficient (Wildman–Crippen LogP) is 4.53. The van der Waals surface area contributed by atoms with E-state index in [4.69, 9.17) is 9.47 Å². The third-order valence-electron chi connectivity index (χ3n) is 5.55. The molecule has 0 bridgehead atoms. The molecule has 0 fully saturated rings. The monoisotopic (exact) mass is 349 g/mol. The van der Waals surface area contributed by atoms with Crippen LogP contribution < -0.4 is 10.1 Å². The molecule has 4 rings (SSSR count). The highest BCUT2D eigenvalue weighted by atomic mass is 16.5. The molecule has 2 unspecified atom stereocenters. The summed E-state index contributed by atoms with van der Waals surface area (Å²) < 4.78 is 11.3. The fraction of sp³-hybridized carbons (Fsp3) is 0.391. The zero-order valence-corrected chi connectivity index (χ0v) is 15.4. The van der Waals surface area contributed by atoms with E-state index in [0.717, 1.165) is 44.6 Å². The standard InChI is InChI=1S/C23H27NO2/c1-25-21-9-6-17(7-10-21)19-12-14-24-20(16-19)8-11-23-22-5-3-2-4-18(22)13-15-26-23/h2-7,9-10,12,20,23-24H,8,11,13-16H2,1H3. The van der Waals surface area contributed by atoms with Gasteiger partial charge in [-0.05, 0) is 60.1 Å². The SMILES string of the molecule is COc1ccc(C2=CCNC(CCC3OCCc4ccccc43)C2)cc1. The molecule has 0 aromatic heterocycles. The van der Waals surface area contributed by atoms with E-state index >= 15 is 0 Å². The van der Waals surface area contributed by atoms with Crippen LogP contribution in [0, 0.1) is 0 Å². The van der Waals surface area contributed by atoms with Crippen LogP contribution in [0.2, 0.25) is 0 Å². The molecule has 2 aromatic carbocycles. The zero-order chi connectivity index (χ0) is 17.8. The van der Waals surface area contributed by atoms with E-state index in [1.54, 1.807) is 7.11 Å². The van der Waals surface area contributed by atoms with Crippen molar-refractivity contribution in [3.8, 4) is 5.75 Å². The van der Waals surface area contributed by atoms with Gasteiger partial charge in [0.25, 0.3) is 0 Å². The molecular formula is C23H27NO2. The van der Waals surface area contributed by atoms with Crippen molar-refractivity contribution in [2.75, 3.05) is 20.3 Å². The Morgan fingerprint density at radius 3 is 2.77 bits per heavy atom. The first-order valence-electron chi connectivity index (χ1n) is 9.60. The minimum absolute atomic E-state index is 0.247. The number of fused-ring (bicyclic) bond motifs is 1. The van der Waals surface area contributed by atoms with Crippen molar-refractivity contribution in [2.24, 2.45) is 0 Å². The van der Waals surface area contributed by atoms with E-state index in [-0.39, 0.29) is 6.10 Å². The second-order valence-electron chi connectivity index (χ2n) is 7.15. The van der Waals surface area contributed by atoms with Gasteiger partial charge in [0, 0.05) is 12.6 Å². The summed E-state index contributed by atoms with van der Waals surface area (Å²) in [7, 11) is 1.71. The Morgan fingerprint density at radius 1 is 1.08 bits per heavy atom. The molecule has 2 aliphatic rings. The Bertz CT molecular complexity index is 766. The van der Waals surface area contributed by atoms with Crippen LogP contribution in [0.5, 0.6) is 5.75 Å². The van der Waals surface area contributed by atoms with E-state index in [1.807, 2.05) is 12.1 Å². The lowest BCUT2D eigenvalue weighted by atomic mass is 9.90. The summed E-state index contributed by atoms with van der Waals surface area (Å²) in [6.07, 6.45) is 6.87. The molecule has 0 saturated heterocycles.